The van der Waals surface area contributed by atoms with E-state index in [-0.39, 0.29) is 15.5 Å². The van der Waals surface area contributed by atoms with Gasteiger partial charge >= 0.3 is 0 Å². The van der Waals surface area contributed by atoms with E-state index >= 15 is 0 Å². The van der Waals surface area contributed by atoms with E-state index in [4.69, 9.17) is 27.9 Å². The highest BCUT2D eigenvalue weighted by molar-refractivity contribution is 7.92. The smallest absolute Gasteiger partial charge is 0.261 e. The number of amides is 1. The van der Waals surface area contributed by atoms with Gasteiger partial charge in [0, 0.05) is 25.3 Å². The van der Waals surface area contributed by atoms with Gasteiger partial charge in [0.25, 0.3) is 15.9 Å². The molecule has 0 aliphatic carbocycles. The minimum absolute atomic E-state index is 0.0712. The summed E-state index contributed by atoms with van der Waals surface area (Å²) in [7, 11) is -2.30. The highest BCUT2D eigenvalue weighted by atomic mass is 35.5. The Morgan fingerprint density at radius 3 is 2.50 bits per heavy atom. The molecule has 1 amide bonds. The molecule has 0 bridgehead atoms. The Balaban J connectivity index is 2.15. The largest absolute Gasteiger partial charge is 0.385 e. The first kappa shape index (κ1) is 22.5. The number of methoxy groups -OCH3 is 1. The summed E-state index contributed by atoms with van der Waals surface area (Å²) in [6.07, 6.45) is 1.55. The molecule has 0 spiro atoms. The lowest BCUT2D eigenvalue weighted by atomic mass is 10.2. The molecule has 0 aliphatic heterocycles. The quantitative estimate of drug-likeness (QED) is 0.565. The van der Waals surface area contributed by atoms with E-state index in [0.717, 1.165) is 18.4 Å². The van der Waals surface area contributed by atoms with Crippen LogP contribution in [0, 0.1) is 6.92 Å². The maximum atomic E-state index is 12.7. The van der Waals surface area contributed by atoms with Gasteiger partial charge in [-0.05, 0) is 55.7 Å². The molecule has 0 atom stereocenters. The average Bonchev–Trinajstić information content (AvgIpc) is 2.64. The van der Waals surface area contributed by atoms with Crippen LogP contribution in [0.25, 0.3) is 0 Å². The predicted octanol–water partition coefficient (Wildman–Crippen LogP) is 4.26. The minimum atomic E-state index is -3.91. The number of sulfonamides is 1. The van der Waals surface area contributed by atoms with Gasteiger partial charge in [0.2, 0.25) is 0 Å². The van der Waals surface area contributed by atoms with Crippen molar-refractivity contribution in [3.8, 4) is 0 Å². The van der Waals surface area contributed by atoms with Crippen LogP contribution in [0.2, 0.25) is 10.0 Å². The van der Waals surface area contributed by atoms with Crippen molar-refractivity contribution in [2.45, 2.75) is 24.7 Å². The Morgan fingerprint density at radius 1 is 1.07 bits per heavy atom. The number of rotatable bonds is 9. The zero-order valence-corrected chi connectivity index (χ0v) is 17.9. The molecule has 28 heavy (non-hydrogen) atoms. The molecule has 152 valence electrons. The van der Waals surface area contributed by atoms with Crippen LogP contribution in [0.5, 0.6) is 0 Å². The number of hydrogen-bond acceptors (Lipinski definition) is 4. The van der Waals surface area contributed by atoms with Gasteiger partial charge in [-0.3, -0.25) is 9.52 Å². The molecule has 0 saturated carbocycles. The second kappa shape index (κ2) is 10.1. The first-order valence-electron chi connectivity index (χ1n) is 8.60. The summed E-state index contributed by atoms with van der Waals surface area (Å²) in [5.41, 5.74) is 1.26. The first-order chi connectivity index (χ1) is 13.2. The van der Waals surface area contributed by atoms with Gasteiger partial charge in [0.1, 0.15) is 0 Å². The number of aryl methyl sites for hydroxylation is 1. The summed E-state index contributed by atoms with van der Waals surface area (Å²) < 4.78 is 32.8. The van der Waals surface area contributed by atoms with Crippen LogP contribution >= 0.6 is 23.2 Å². The molecule has 0 unspecified atom stereocenters. The molecule has 0 radical (unpaired) electrons. The van der Waals surface area contributed by atoms with Gasteiger partial charge in [0.05, 0.1) is 21.2 Å². The third kappa shape index (κ3) is 6.10. The number of carbonyl (C=O) groups excluding carboxylic acids is 1. The van der Waals surface area contributed by atoms with Gasteiger partial charge in [-0.1, -0.05) is 29.3 Å². The van der Waals surface area contributed by atoms with Gasteiger partial charge < -0.3 is 10.1 Å². The Kier molecular flexibility index (Phi) is 8.12. The number of anilines is 1. The van der Waals surface area contributed by atoms with E-state index in [1.54, 1.807) is 19.2 Å². The lowest BCUT2D eigenvalue weighted by Gasteiger charge is -2.12. The van der Waals surface area contributed by atoms with Gasteiger partial charge in [-0.25, -0.2) is 8.42 Å². The summed E-state index contributed by atoms with van der Waals surface area (Å²) in [5.74, 6) is -0.433. The van der Waals surface area contributed by atoms with Gasteiger partial charge in [-0.15, -0.1) is 0 Å². The maximum Gasteiger partial charge on any atom is 0.261 e. The van der Waals surface area contributed by atoms with Crippen molar-refractivity contribution >= 4 is 44.8 Å². The molecular weight excluding hydrogens is 423 g/mol. The Labute approximate surface area is 175 Å². The van der Waals surface area contributed by atoms with Gasteiger partial charge in [0.15, 0.2) is 0 Å². The number of halogens is 2. The molecule has 0 saturated heterocycles. The van der Waals surface area contributed by atoms with E-state index in [1.165, 1.54) is 24.3 Å². The van der Waals surface area contributed by atoms with Crippen molar-refractivity contribution in [3.63, 3.8) is 0 Å². The predicted molar refractivity (Wildman–Crippen MR) is 112 cm³/mol. The topological polar surface area (TPSA) is 84.5 Å². The third-order valence-corrected chi connectivity index (χ3v) is 6.09. The molecule has 0 heterocycles. The van der Waals surface area contributed by atoms with Crippen molar-refractivity contribution in [2.24, 2.45) is 0 Å². The summed E-state index contributed by atoms with van der Waals surface area (Å²) in [4.78, 5) is 12.3. The Bertz CT molecular complexity index is 949. The lowest BCUT2D eigenvalue weighted by molar-refractivity contribution is 0.0951. The summed E-state index contributed by atoms with van der Waals surface area (Å²) in [5, 5.41) is 3.35. The van der Waals surface area contributed by atoms with Crippen molar-refractivity contribution < 1.29 is 17.9 Å². The van der Waals surface area contributed by atoms with Crippen molar-refractivity contribution in [3.05, 3.63) is 57.6 Å². The van der Waals surface area contributed by atoms with Crippen molar-refractivity contribution in [1.29, 1.82) is 0 Å². The van der Waals surface area contributed by atoms with E-state index < -0.39 is 15.9 Å². The molecule has 2 aromatic rings. The maximum absolute atomic E-state index is 12.7. The van der Waals surface area contributed by atoms with Crippen LogP contribution in [-0.2, 0) is 14.8 Å². The van der Waals surface area contributed by atoms with Gasteiger partial charge in [-0.2, -0.15) is 0 Å². The highest BCUT2D eigenvalue weighted by Gasteiger charge is 2.19. The molecule has 2 rings (SSSR count). The van der Waals surface area contributed by atoms with Crippen molar-refractivity contribution in [1.82, 2.24) is 5.32 Å². The molecule has 0 fully saturated rings. The first-order valence-corrected chi connectivity index (χ1v) is 10.8. The third-order valence-electron chi connectivity index (χ3n) is 3.98. The molecule has 9 heteroatoms. The minimum Gasteiger partial charge on any atom is -0.385 e. The summed E-state index contributed by atoms with van der Waals surface area (Å²) in [6, 6.07) is 8.84. The second-order valence-electron chi connectivity index (χ2n) is 6.17. The number of hydrogen-bond donors (Lipinski definition) is 2. The standard InChI is InChI=1S/C19H22Cl2N2O4S/c1-13-5-6-14(11-18(13)21)23-28(25,26)15-7-8-17(20)16(12-15)19(24)22-9-3-4-10-27-2/h5-8,11-12,23H,3-4,9-10H2,1-2H3,(H,22,24). The number of carbonyl (C=O) groups is 1. The van der Waals surface area contributed by atoms with E-state index in [9.17, 15) is 13.2 Å². The molecular formula is C19H22Cl2N2O4S. The van der Waals surface area contributed by atoms with Crippen LogP contribution < -0.4 is 10.0 Å². The fraction of sp³-hybridized carbons (Fsp3) is 0.316. The monoisotopic (exact) mass is 444 g/mol. The summed E-state index contributed by atoms with van der Waals surface area (Å²) in [6.45, 7) is 2.87. The Hall–Kier alpha value is -1.80. The number of unbranched alkanes of at least 4 members (excludes halogenated alkanes) is 1. The molecule has 2 aromatic carbocycles. The van der Waals surface area contributed by atoms with Crippen molar-refractivity contribution in [2.75, 3.05) is 25.0 Å². The fourth-order valence-electron chi connectivity index (χ4n) is 2.38. The van der Waals surface area contributed by atoms with Crippen LogP contribution in [0.15, 0.2) is 41.3 Å². The molecule has 6 nitrogen and oxygen atoms in total. The number of benzene rings is 2. The van der Waals surface area contributed by atoms with Crippen LogP contribution in [-0.4, -0.2) is 34.6 Å². The molecule has 0 aromatic heterocycles. The van der Waals surface area contributed by atoms with E-state index in [1.807, 2.05) is 6.92 Å². The van der Waals surface area contributed by atoms with Crippen LogP contribution in [0.1, 0.15) is 28.8 Å². The van der Waals surface area contributed by atoms with E-state index in [0.29, 0.717) is 23.9 Å². The normalized spacial score (nSPS) is 11.3. The van der Waals surface area contributed by atoms with Crippen LogP contribution in [0.4, 0.5) is 5.69 Å². The zero-order chi connectivity index (χ0) is 20.7. The zero-order valence-electron chi connectivity index (χ0n) is 15.6. The lowest BCUT2D eigenvalue weighted by Crippen LogP contribution is -2.25. The van der Waals surface area contributed by atoms with Crippen LogP contribution in [0.3, 0.4) is 0 Å². The number of nitrogens with one attached hydrogen (secondary N) is 2. The molecule has 0 aliphatic rings. The molecule has 2 N–H and O–H groups in total. The fourth-order valence-corrected chi connectivity index (χ4v) is 3.84. The average molecular weight is 445 g/mol. The number of ether oxygens (including phenoxy) is 1. The summed E-state index contributed by atoms with van der Waals surface area (Å²) >= 11 is 12.1. The highest BCUT2D eigenvalue weighted by Crippen LogP contribution is 2.25. The Morgan fingerprint density at radius 2 is 1.82 bits per heavy atom. The second-order valence-corrected chi connectivity index (χ2v) is 8.66. The van der Waals surface area contributed by atoms with E-state index in [2.05, 4.69) is 10.0 Å². The SMILES string of the molecule is COCCCCNC(=O)c1cc(S(=O)(=O)Nc2ccc(C)c(Cl)c2)ccc1Cl.